The average Bonchev–Trinajstić information content (AvgIpc) is 2.30. The highest BCUT2D eigenvalue weighted by Gasteiger charge is 2.16. The molecule has 5 heteroatoms. The van der Waals surface area contributed by atoms with Gasteiger partial charge in [-0.3, -0.25) is 9.00 Å². The Kier molecular flexibility index (Phi) is 5.85. The summed E-state index contributed by atoms with van der Waals surface area (Å²) in [5.41, 5.74) is 1.00. The molecule has 0 aromatic heterocycles. The third kappa shape index (κ3) is 5.00. The molecule has 0 saturated heterocycles. The van der Waals surface area contributed by atoms with Crippen molar-refractivity contribution in [2.45, 2.75) is 12.7 Å². The lowest BCUT2D eigenvalue weighted by Crippen LogP contribution is -2.20. The SMILES string of the molecule is COC(=O)C(C)CS(=O)Cc1ccc(Br)cc1. The van der Waals surface area contributed by atoms with Gasteiger partial charge in [0.2, 0.25) is 0 Å². The molecule has 0 N–H and O–H groups in total. The smallest absolute Gasteiger partial charge is 0.309 e. The molecular formula is C12H15BrO3S. The minimum Gasteiger partial charge on any atom is -0.469 e. The van der Waals surface area contributed by atoms with Crippen LogP contribution < -0.4 is 0 Å². The fourth-order valence-corrected chi connectivity index (χ4v) is 3.01. The van der Waals surface area contributed by atoms with Crippen LogP contribution in [0.1, 0.15) is 12.5 Å². The number of methoxy groups -OCH3 is 1. The Hall–Kier alpha value is -0.680. The molecule has 94 valence electrons. The van der Waals surface area contributed by atoms with Crippen molar-refractivity contribution in [1.29, 1.82) is 0 Å². The zero-order valence-corrected chi connectivity index (χ0v) is 12.2. The lowest BCUT2D eigenvalue weighted by Gasteiger charge is -2.08. The fraction of sp³-hybridized carbons (Fsp3) is 0.417. The highest BCUT2D eigenvalue weighted by Crippen LogP contribution is 2.13. The maximum absolute atomic E-state index is 11.8. The van der Waals surface area contributed by atoms with Crippen LogP contribution in [-0.2, 0) is 26.1 Å². The topological polar surface area (TPSA) is 43.4 Å². The van der Waals surface area contributed by atoms with Crippen molar-refractivity contribution in [2.24, 2.45) is 5.92 Å². The van der Waals surface area contributed by atoms with E-state index in [0.717, 1.165) is 10.0 Å². The van der Waals surface area contributed by atoms with E-state index in [1.165, 1.54) is 7.11 Å². The van der Waals surface area contributed by atoms with Crippen LogP contribution in [0.2, 0.25) is 0 Å². The first-order chi connectivity index (χ1) is 8.02. The molecule has 0 aliphatic heterocycles. The summed E-state index contributed by atoms with van der Waals surface area (Å²) in [5, 5.41) is 0. The van der Waals surface area contributed by atoms with Crippen molar-refractivity contribution in [2.75, 3.05) is 12.9 Å². The monoisotopic (exact) mass is 318 g/mol. The second kappa shape index (κ2) is 6.91. The Labute approximate surface area is 112 Å². The predicted molar refractivity (Wildman–Crippen MR) is 72.0 cm³/mol. The van der Waals surface area contributed by atoms with Crippen molar-refractivity contribution in [3.63, 3.8) is 0 Å². The standard InChI is InChI=1S/C12H15BrO3S/c1-9(12(14)16-2)7-17(15)8-10-3-5-11(13)6-4-10/h3-6,9H,7-8H2,1-2H3. The van der Waals surface area contributed by atoms with E-state index in [0.29, 0.717) is 11.5 Å². The second-order valence-electron chi connectivity index (χ2n) is 3.80. The van der Waals surface area contributed by atoms with Crippen LogP contribution in [0.25, 0.3) is 0 Å². The van der Waals surface area contributed by atoms with Gasteiger partial charge in [0.05, 0.1) is 13.0 Å². The number of carbonyl (C=O) groups excluding carboxylic acids is 1. The molecular weight excluding hydrogens is 304 g/mol. The van der Waals surface area contributed by atoms with Crippen molar-refractivity contribution in [1.82, 2.24) is 0 Å². The van der Waals surface area contributed by atoms with Gasteiger partial charge in [-0.2, -0.15) is 0 Å². The Bertz CT molecular complexity index is 403. The molecule has 0 fully saturated rings. The van der Waals surface area contributed by atoms with Gasteiger partial charge in [0, 0.05) is 26.8 Å². The first-order valence-electron chi connectivity index (χ1n) is 5.20. The number of rotatable bonds is 5. The van der Waals surface area contributed by atoms with Gasteiger partial charge < -0.3 is 4.74 Å². The number of carbonyl (C=O) groups is 1. The van der Waals surface area contributed by atoms with Crippen molar-refractivity contribution >= 4 is 32.7 Å². The van der Waals surface area contributed by atoms with Gasteiger partial charge in [-0.1, -0.05) is 35.0 Å². The van der Waals surface area contributed by atoms with Gasteiger partial charge in [0.1, 0.15) is 0 Å². The minimum atomic E-state index is -1.05. The van der Waals surface area contributed by atoms with E-state index in [9.17, 15) is 9.00 Å². The maximum Gasteiger partial charge on any atom is 0.309 e. The van der Waals surface area contributed by atoms with Gasteiger partial charge in [0.25, 0.3) is 0 Å². The molecule has 3 nitrogen and oxygen atoms in total. The summed E-state index contributed by atoms with van der Waals surface area (Å²) < 4.78 is 17.4. The van der Waals surface area contributed by atoms with E-state index in [1.54, 1.807) is 6.92 Å². The summed E-state index contributed by atoms with van der Waals surface area (Å²) in [7, 11) is 0.298. The highest BCUT2D eigenvalue weighted by molar-refractivity contribution is 9.10. The van der Waals surface area contributed by atoms with E-state index in [-0.39, 0.29) is 11.9 Å². The van der Waals surface area contributed by atoms with Crippen LogP contribution in [0.3, 0.4) is 0 Å². The van der Waals surface area contributed by atoms with Crippen molar-refractivity contribution in [3.05, 3.63) is 34.3 Å². The van der Waals surface area contributed by atoms with E-state index in [2.05, 4.69) is 20.7 Å². The molecule has 0 heterocycles. The van der Waals surface area contributed by atoms with Gasteiger partial charge in [-0.05, 0) is 17.7 Å². The van der Waals surface area contributed by atoms with Crippen LogP contribution in [0, 0.1) is 5.92 Å². The van der Waals surface area contributed by atoms with Crippen LogP contribution >= 0.6 is 15.9 Å². The van der Waals surface area contributed by atoms with Crippen molar-refractivity contribution in [3.8, 4) is 0 Å². The molecule has 1 aromatic carbocycles. The number of halogens is 1. The van der Waals surface area contributed by atoms with Gasteiger partial charge >= 0.3 is 5.97 Å². The Morgan fingerprint density at radius 3 is 2.53 bits per heavy atom. The summed E-state index contributed by atoms with van der Waals surface area (Å²) >= 11 is 3.34. The van der Waals surface area contributed by atoms with Gasteiger partial charge in [-0.15, -0.1) is 0 Å². The summed E-state index contributed by atoms with van der Waals surface area (Å²) in [5.74, 6) is 0.169. The number of benzene rings is 1. The fourth-order valence-electron chi connectivity index (χ4n) is 1.37. The number of hydrogen-bond donors (Lipinski definition) is 0. The molecule has 1 aromatic rings. The van der Waals surface area contributed by atoms with E-state index >= 15 is 0 Å². The second-order valence-corrected chi connectivity index (χ2v) is 6.22. The molecule has 2 atom stereocenters. The molecule has 0 saturated carbocycles. The molecule has 0 bridgehead atoms. The lowest BCUT2D eigenvalue weighted by molar-refractivity contribution is -0.144. The van der Waals surface area contributed by atoms with Gasteiger partial charge in [-0.25, -0.2) is 0 Å². The molecule has 1 rings (SSSR count). The van der Waals surface area contributed by atoms with E-state index < -0.39 is 10.8 Å². The maximum atomic E-state index is 11.8. The summed E-state index contributed by atoms with van der Waals surface area (Å²) in [4.78, 5) is 11.2. The van der Waals surface area contributed by atoms with Gasteiger partial charge in [0.15, 0.2) is 0 Å². The number of esters is 1. The normalized spacial score (nSPS) is 14.1. The van der Waals surface area contributed by atoms with Crippen molar-refractivity contribution < 1.29 is 13.7 Å². The lowest BCUT2D eigenvalue weighted by atomic mass is 10.2. The zero-order valence-electron chi connectivity index (χ0n) is 9.81. The van der Waals surface area contributed by atoms with Crippen LogP contribution in [0.4, 0.5) is 0 Å². The first-order valence-corrected chi connectivity index (χ1v) is 7.48. The molecule has 0 radical (unpaired) electrons. The molecule has 17 heavy (non-hydrogen) atoms. The molecule has 0 amide bonds. The summed E-state index contributed by atoms with van der Waals surface area (Å²) in [6.07, 6.45) is 0. The third-order valence-corrected chi connectivity index (χ3v) is 4.34. The summed E-state index contributed by atoms with van der Waals surface area (Å²) in [6.45, 7) is 1.73. The van der Waals surface area contributed by atoms with E-state index in [1.807, 2.05) is 24.3 Å². The van der Waals surface area contributed by atoms with Crippen LogP contribution in [0.5, 0.6) is 0 Å². The average molecular weight is 319 g/mol. The molecule has 2 unspecified atom stereocenters. The molecule has 0 aliphatic rings. The largest absolute Gasteiger partial charge is 0.469 e. The Morgan fingerprint density at radius 1 is 1.41 bits per heavy atom. The van der Waals surface area contributed by atoms with E-state index in [4.69, 9.17) is 0 Å². The summed E-state index contributed by atoms with van der Waals surface area (Å²) in [6, 6.07) is 7.67. The third-order valence-electron chi connectivity index (χ3n) is 2.28. The first kappa shape index (κ1) is 14.4. The number of ether oxygens (including phenoxy) is 1. The Morgan fingerprint density at radius 2 is 2.00 bits per heavy atom. The Balaban J connectivity index is 2.50. The quantitative estimate of drug-likeness (QED) is 0.783. The van der Waals surface area contributed by atoms with Crippen LogP contribution in [-0.4, -0.2) is 23.0 Å². The molecule has 0 aliphatic carbocycles. The minimum absolute atomic E-state index is 0.311. The highest BCUT2D eigenvalue weighted by atomic mass is 79.9. The number of hydrogen-bond acceptors (Lipinski definition) is 3. The zero-order chi connectivity index (χ0) is 12.8. The van der Waals surface area contributed by atoms with Crippen LogP contribution in [0.15, 0.2) is 28.7 Å². The predicted octanol–water partition coefficient (Wildman–Crippen LogP) is 2.51. The molecule has 0 spiro atoms.